The summed E-state index contributed by atoms with van der Waals surface area (Å²) in [5.74, 6) is -2.02. The second-order valence-electron chi connectivity index (χ2n) is 5.76. The fourth-order valence-corrected chi connectivity index (χ4v) is 2.91. The average Bonchev–Trinajstić information content (AvgIpc) is 2.44. The molecular formula is C17H20O4. The van der Waals surface area contributed by atoms with Gasteiger partial charge in [-0.3, -0.25) is 9.59 Å². The molecule has 0 aliphatic heterocycles. The number of hydrogen-bond donors (Lipinski definition) is 1. The normalized spacial score (nSPS) is 29.0. The molecule has 4 heteroatoms. The van der Waals surface area contributed by atoms with Gasteiger partial charge in [-0.25, -0.2) is 0 Å². The van der Waals surface area contributed by atoms with Gasteiger partial charge in [0.1, 0.15) is 12.5 Å². The lowest BCUT2D eigenvalue weighted by Gasteiger charge is -2.37. The van der Waals surface area contributed by atoms with Gasteiger partial charge < -0.3 is 9.84 Å². The number of carbonyl (C=O) groups is 2. The van der Waals surface area contributed by atoms with Crippen molar-refractivity contribution in [2.45, 2.75) is 31.3 Å². The summed E-state index contributed by atoms with van der Waals surface area (Å²) in [5, 5.41) is 10.3. The predicted octanol–water partition coefficient (Wildman–Crippen LogP) is 2.23. The van der Waals surface area contributed by atoms with Gasteiger partial charge in [-0.1, -0.05) is 43.0 Å². The van der Waals surface area contributed by atoms with Crippen LogP contribution in [-0.2, 0) is 14.3 Å². The fourth-order valence-electron chi connectivity index (χ4n) is 2.91. The number of aliphatic hydroxyl groups is 1. The summed E-state index contributed by atoms with van der Waals surface area (Å²) >= 11 is 0. The SMILES string of the molecule is C=CCOC(=O)[C@@H]1C(=O)C[C@@](C)(O)C[C@@H]1c1ccccc1. The third kappa shape index (κ3) is 3.58. The van der Waals surface area contributed by atoms with Crippen molar-refractivity contribution in [1.82, 2.24) is 0 Å². The van der Waals surface area contributed by atoms with E-state index < -0.39 is 17.5 Å². The zero-order valence-corrected chi connectivity index (χ0v) is 12.1. The summed E-state index contributed by atoms with van der Waals surface area (Å²) in [6.07, 6.45) is 1.81. The number of carbonyl (C=O) groups excluding carboxylic acids is 2. The molecule has 2 rings (SSSR count). The van der Waals surface area contributed by atoms with E-state index in [1.54, 1.807) is 6.92 Å². The minimum absolute atomic E-state index is 0.0236. The van der Waals surface area contributed by atoms with Crippen LogP contribution < -0.4 is 0 Å². The van der Waals surface area contributed by atoms with Crippen LogP contribution in [0, 0.1) is 5.92 Å². The largest absolute Gasteiger partial charge is 0.461 e. The Morgan fingerprint density at radius 2 is 2.14 bits per heavy atom. The summed E-state index contributed by atoms with van der Waals surface area (Å²) in [6, 6.07) is 9.32. The number of rotatable bonds is 4. The predicted molar refractivity (Wildman–Crippen MR) is 78.7 cm³/mol. The standard InChI is InChI=1S/C17H20O4/c1-3-9-21-16(19)15-13(12-7-5-4-6-8-12)10-17(2,20)11-14(15)18/h3-8,13,15,20H,1,9-11H2,2H3/t13-,15+,17+/m1/s1. The first-order valence-corrected chi connectivity index (χ1v) is 7.02. The molecule has 112 valence electrons. The Morgan fingerprint density at radius 3 is 2.76 bits per heavy atom. The highest BCUT2D eigenvalue weighted by Gasteiger charge is 2.46. The van der Waals surface area contributed by atoms with Crippen molar-refractivity contribution in [3.05, 3.63) is 48.6 Å². The molecule has 1 saturated carbocycles. The maximum absolute atomic E-state index is 12.3. The van der Waals surface area contributed by atoms with E-state index in [1.807, 2.05) is 30.3 Å². The Morgan fingerprint density at radius 1 is 1.48 bits per heavy atom. The number of ether oxygens (including phenoxy) is 1. The van der Waals surface area contributed by atoms with Crippen molar-refractivity contribution in [2.75, 3.05) is 6.61 Å². The van der Waals surface area contributed by atoms with Gasteiger partial charge in [0, 0.05) is 12.3 Å². The Kier molecular flexibility index (Phi) is 4.58. The van der Waals surface area contributed by atoms with E-state index >= 15 is 0 Å². The molecule has 21 heavy (non-hydrogen) atoms. The summed E-state index contributed by atoms with van der Waals surface area (Å²) in [6.45, 7) is 5.21. The summed E-state index contributed by atoms with van der Waals surface area (Å²) in [5.41, 5.74) is -0.223. The van der Waals surface area contributed by atoms with Crippen molar-refractivity contribution >= 4 is 11.8 Å². The van der Waals surface area contributed by atoms with Crippen LogP contribution in [0.15, 0.2) is 43.0 Å². The third-order valence-corrected chi connectivity index (χ3v) is 3.79. The molecule has 0 bridgehead atoms. The Hall–Kier alpha value is -1.94. The summed E-state index contributed by atoms with van der Waals surface area (Å²) in [4.78, 5) is 24.5. The highest BCUT2D eigenvalue weighted by molar-refractivity contribution is 6.01. The minimum atomic E-state index is -1.09. The first-order valence-electron chi connectivity index (χ1n) is 7.02. The number of Topliss-reactive ketones (excluding diaryl/α,β-unsaturated/α-hetero) is 1. The molecule has 1 aliphatic rings. The first-order chi connectivity index (χ1) is 9.94. The van der Waals surface area contributed by atoms with Crippen molar-refractivity contribution in [2.24, 2.45) is 5.92 Å². The monoisotopic (exact) mass is 288 g/mol. The average molecular weight is 288 g/mol. The van der Waals surface area contributed by atoms with Crippen LogP contribution in [0.4, 0.5) is 0 Å². The zero-order chi connectivity index (χ0) is 15.5. The van der Waals surface area contributed by atoms with Gasteiger partial charge >= 0.3 is 5.97 Å². The molecule has 0 aromatic heterocycles. The molecule has 0 spiro atoms. The van der Waals surface area contributed by atoms with Gasteiger partial charge in [0.15, 0.2) is 5.78 Å². The molecule has 0 saturated heterocycles. The molecule has 1 N–H and O–H groups in total. The van der Waals surface area contributed by atoms with Crippen LogP contribution in [-0.4, -0.2) is 29.1 Å². The van der Waals surface area contributed by atoms with Crippen LogP contribution in [0.3, 0.4) is 0 Å². The maximum atomic E-state index is 12.3. The quantitative estimate of drug-likeness (QED) is 0.524. The van der Waals surface area contributed by atoms with Crippen molar-refractivity contribution in [3.8, 4) is 0 Å². The third-order valence-electron chi connectivity index (χ3n) is 3.79. The molecule has 1 aromatic carbocycles. The van der Waals surface area contributed by atoms with Gasteiger partial charge in [-0.05, 0) is 18.9 Å². The van der Waals surface area contributed by atoms with Crippen molar-refractivity contribution in [1.29, 1.82) is 0 Å². The Labute approximate surface area is 124 Å². The summed E-state index contributed by atoms with van der Waals surface area (Å²) in [7, 11) is 0. The van der Waals surface area contributed by atoms with Gasteiger partial charge in [-0.15, -0.1) is 0 Å². The van der Waals surface area contributed by atoms with Gasteiger partial charge in [0.05, 0.1) is 5.60 Å². The van der Waals surface area contributed by atoms with E-state index in [2.05, 4.69) is 6.58 Å². The van der Waals surface area contributed by atoms with Crippen LogP contribution in [0.25, 0.3) is 0 Å². The van der Waals surface area contributed by atoms with Gasteiger partial charge in [0.25, 0.3) is 0 Å². The topological polar surface area (TPSA) is 63.6 Å². The molecule has 4 nitrogen and oxygen atoms in total. The molecule has 1 aliphatic carbocycles. The fraction of sp³-hybridized carbons (Fsp3) is 0.412. The molecule has 1 fully saturated rings. The second kappa shape index (κ2) is 6.22. The highest BCUT2D eigenvalue weighted by Crippen LogP contribution is 2.41. The van der Waals surface area contributed by atoms with E-state index in [1.165, 1.54) is 6.08 Å². The van der Waals surface area contributed by atoms with E-state index in [0.717, 1.165) is 5.56 Å². The molecule has 0 unspecified atom stereocenters. The lowest BCUT2D eigenvalue weighted by atomic mass is 9.69. The lowest BCUT2D eigenvalue weighted by molar-refractivity contribution is -0.156. The molecule has 0 amide bonds. The number of ketones is 1. The first kappa shape index (κ1) is 15.4. The Bertz CT molecular complexity index is 533. The lowest BCUT2D eigenvalue weighted by Crippen LogP contribution is -2.45. The van der Waals surface area contributed by atoms with E-state index in [9.17, 15) is 14.7 Å². The van der Waals surface area contributed by atoms with E-state index in [0.29, 0.717) is 6.42 Å². The Balaban J connectivity index is 2.32. The van der Waals surface area contributed by atoms with E-state index in [-0.39, 0.29) is 24.7 Å². The van der Waals surface area contributed by atoms with Crippen molar-refractivity contribution in [3.63, 3.8) is 0 Å². The molecule has 0 heterocycles. The second-order valence-corrected chi connectivity index (χ2v) is 5.76. The zero-order valence-electron chi connectivity index (χ0n) is 12.1. The molecular weight excluding hydrogens is 268 g/mol. The summed E-state index contributed by atoms with van der Waals surface area (Å²) < 4.78 is 5.06. The molecule has 3 atom stereocenters. The van der Waals surface area contributed by atoms with Crippen molar-refractivity contribution < 1.29 is 19.4 Å². The van der Waals surface area contributed by atoms with Crippen LogP contribution in [0.2, 0.25) is 0 Å². The van der Waals surface area contributed by atoms with Crippen LogP contribution in [0.5, 0.6) is 0 Å². The van der Waals surface area contributed by atoms with Gasteiger partial charge in [0.2, 0.25) is 0 Å². The maximum Gasteiger partial charge on any atom is 0.317 e. The van der Waals surface area contributed by atoms with Gasteiger partial charge in [-0.2, -0.15) is 0 Å². The van der Waals surface area contributed by atoms with Crippen LogP contribution >= 0.6 is 0 Å². The number of esters is 1. The number of hydrogen-bond acceptors (Lipinski definition) is 4. The molecule has 0 radical (unpaired) electrons. The van der Waals surface area contributed by atoms with Crippen LogP contribution in [0.1, 0.15) is 31.2 Å². The molecule has 1 aromatic rings. The number of benzene rings is 1. The van der Waals surface area contributed by atoms with E-state index in [4.69, 9.17) is 4.74 Å². The minimum Gasteiger partial charge on any atom is -0.461 e. The smallest absolute Gasteiger partial charge is 0.317 e. The highest BCUT2D eigenvalue weighted by atomic mass is 16.5.